The molecule has 0 saturated heterocycles. The average molecular weight is 445 g/mol. The molecule has 1 saturated carbocycles. The Balaban J connectivity index is 1.57. The van der Waals surface area contributed by atoms with Crippen molar-refractivity contribution in [2.24, 2.45) is 11.8 Å². The number of halogens is 2. The number of amides is 1. The van der Waals surface area contributed by atoms with E-state index in [1.165, 1.54) is 6.20 Å². The van der Waals surface area contributed by atoms with Crippen LogP contribution < -0.4 is 5.32 Å². The first kappa shape index (κ1) is 22.4. The molecule has 0 unspecified atom stereocenters. The highest BCUT2D eigenvalue weighted by atomic mass is 19.3. The standard InChI is InChI=1S/C23H30F2N6O/c1-13(2)15-5-7-16(8-6-15)30-12-18(20(29-30)21(24)25)28-23(32)17-11-27-31-19(14(3)4)9-10-26-22(17)31/h9-16,21H,5-8H2,1-4H3,(H,28,32). The Morgan fingerprint density at radius 2 is 1.88 bits per heavy atom. The molecule has 0 atom stereocenters. The highest BCUT2D eigenvalue weighted by Gasteiger charge is 2.28. The molecule has 0 spiro atoms. The van der Waals surface area contributed by atoms with Crippen LogP contribution in [0.4, 0.5) is 14.5 Å². The molecule has 9 heteroatoms. The Labute approximate surface area is 186 Å². The molecule has 1 N–H and O–H groups in total. The quantitative estimate of drug-likeness (QED) is 0.535. The molecule has 3 heterocycles. The van der Waals surface area contributed by atoms with Crippen LogP contribution in [0.15, 0.2) is 24.7 Å². The Morgan fingerprint density at radius 3 is 2.50 bits per heavy atom. The first-order valence-electron chi connectivity index (χ1n) is 11.3. The van der Waals surface area contributed by atoms with Crippen LogP contribution in [-0.4, -0.2) is 30.3 Å². The summed E-state index contributed by atoms with van der Waals surface area (Å²) in [5.41, 5.74) is 1.17. The number of aromatic nitrogens is 5. The molecule has 0 radical (unpaired) electrons. The lowest BCUT2D eigenvalue weighted by Crippen LogP contribution is -2.21. The van der Waals surface area contributed by atoms with Crippen LogP contribution in [0, 0.1) is 11.8 Å². The summed E-state index contributed by atoms with van der Waals surface area (Å²) in [6.45, 7) is 8.49. The number of anilines is 1. The van der Waals surface area contributed by atoms with Gasteiger partial charge >= 0.3 is 0 Å². The van der Waals surface area contributed by atoms with Gasteiger partial charge in [0.05, 0.1) is 17.9 Å². The lowest BCUT2D eigenvalue weighted by molar-refractivity contribution is 0.102. The summed E-state index contributed by atoms with van der Waals surface area (Å²) < 4.78 is 30.6. The fourth-order valence-electron chi connectivity index (χ4n) is 4.58. The predicted octanol–water partition coefficient (Wildman–Crippen LogP) is 5.63. The summed E-state index contributed by atoms with van der Waals surface area (Å²) >= 11 is 0. The van der Waals surface area contributed by atoms with Gasteiger partial charge in [-0.05, 0) is 49.5 Å². The van der Waals surface area contributed by atoms with Gasteiger partial charge in [-0.1, -0.05) is 27.7 Å². The van der Waals surface area contributed by atoms with E-state index in [-0.39, 0.29) is 23.2 Å². The number of carbonyl (C=O) groups is 1. The van der Waals surface area contributed by atoms with Crippen molar-refractivity contribution < 1.29 is 13.6 Å². The van der Waals surface area contributed by atoms with E-state index in [4.69, 9.17) is 0 Å². The third-order valence-corrected chi connectivity index (χ3v) is 6.54. The molecule has 0 aromatic carbocycles. The topological polar surface area (TPSA) is 77.1 Å². The van der Waals surface area contributed by atoms with E-state index < -0.39 is 18.0 Å². The van der Waals surface area contributed by atoms with Gasteiger partial charge in [-0.15, -0.1) is 0 Å². The molecule has 172 valence electrons. The number of alkyl halides is 2. The third-order valence-electron chi connectivity index (χ3n) is 6.54. The van der Waals surface area contributed by atoms with Crippen molar-refractivity contribution in [3.05, 3.63) is 41.6 Å². The summed E-state index contributed by atoms with van der Waals surface area (Å²) in [6.07, 6.45) is 5.71. The minimum Gasteiger partial charge on any atom is -0.319 e. The maximum atomic E-state index is 13.7. The van der Waals surface area contributed by atoms with Gasteiger partial charge in [0.15, 0.2) is 11.3 Å². The Kier molecular flexibility index (Phi) is 6.26. The maximum Gasteiger partial charge on any atom is 0.284 e. The van der Waals surface area contributed by atoms with E-state index >= 15 is 0 Å². The van der Waals surface area contributed by atoms with E-state index in [0.717, 1.165) is 31.4 Å². The molecule has 3 aromatic rings. The number of hydrogen-bond donors (Lipinski definition) is 1. The summed E-state index contributed by atoms with van der Waals surface area (Å²) in [5, 5.41) is 11.1. The van der Waals surface area contributed by atoms with Gasteiger partial charge in [0.25, 0.3) is 12.3 Å². The molecule has 3 aromatic heterocycles. The van der Waals surface area contributed by atoms with E-state index in [2.05, 4.69) is 34.3 Å². The van der Waals surface area contributed by atoms with Crippen LogP contribution in [-0.2, 0) is 0 Å². The molecule has 1 aliphatic carbocycles. The van der Waals surface area contributed by atoms with E-state index in [1.54, 1.807) is 21.6 Å². The summed E-state index contributed by atoms with van der Waals surface area (Å²) in [4.78, 5) is 17.2. The second kappa shape index (κ2) is 8.96. The molecule has 4 rings (SSSR count). The van der Waals surface area contributed by atoms with Crippen molar-refractivity contribution >= 4 is 17.2 Å². The van der Waals surface area contributed by atoms with Crippen LogP contribution in [0.5, 0.6) is 0 Å². The van der Waals surface area contributed by atoms with E-state index in [0.29, 0.717) is 17.5 Å². The third kappa shape index (κ3) is 4.25. The van der Waals surface area contributed by atoms with Gasteiger partial charge in [0, 0.05) is 18.1 Å². The second-order valence-electron chi connectivity index (χ2n) is 9.29. The Hall–Kier alpha value is -2.84. The first-order chi connectivity index (χ1) is 15.3. The molecule has 1 fully saturated rings. The Morgan fingerprint density at radius 1 is 1.16 bits per heavy atom. The fraction of sp³-hybridized carbons (Fsp3) is 0.565. The van der Waals surface area contributed by atoms with Crippen LogP contribution in [0.1, 0.15) is 93.5 Å². The normalized spacial score (nSPS) is 19.4. The van der Waals surface area contributed by atoms with Crippen LogP contribution in [0.2, 0.25) is 0 Å². The minimum atomic E-state index is -2.78. The minimum absolute atomic E-state index is 0.0374. The molecule has 7 nitrogen and oxygen atoms in total. The Bertz CT molecular complexity index is 1100. The zero-order valence-corrected chi connectivity index (χ0v) is 18.9. The monoisotopic (exact) mass is 444 g/mol. The van der Waals surface area contributed by atoms with Crippen molar-refractivity contribution in [3.8, 4) is 0 Å². The summed E-state index contributed by atoms with van der Waals surface area (Å²) in [5.74, 6) is 0.939. The number of nitrogens with zero attached hydrogens (tertiary/aromatic N) is 5. The fourth-order valence-corrected chi connectivity index (χ4v) is 4.58. The number of fused-ring (bicyclic) bond motifs is 1. The first-order valence-corrected chi connectivity index (χ1v) is 11.3. The SMILES string of the molecule is CC(C)c1ccnc2c(C(=O)Nc3cn(C4CCC(C(C)C)CC4)nc3C(F)F)cnn12. The number of hydrogen-bond acceptors (Lipinski definition) is 4. The zero-order chi connectivity index (χ0) is 23.0. The lowest BCUT2D eigenvalue weighted by Gasteiger charge is -2.30. The van der Waals surface area contributed by atoms with Crippen molar-refractivity contribution in [2.45, 2.75) is 71.8 Å². The second-order valence-corrected chi connectivity index (χ2v) is 9.29. The number of rotatable bonds is 6. The molecular weight excluding hydrogens is 414 g/mol. The van der Waals surface area contributed by atoms with Gasteiger partial charge in [-0.2, -0.15) is 10.2 Å². The average Bonchev–Trinajstić information content (AvgIpc) is 3.38. The zero-order valence-electron chi connectivity index (χ0n) is 18.9. The summed E-state index contributed by atoms with van der Waals surface area (Å²) in [7, 11) is 0. The van der Waals surface area contributed by atoms with E-state index in [1.807, 2.05) is 19.9 Å². The van der Waals surface area contributed by atoms with Gasteiger partial charge in [0.1, 0.15) is 5.56 Å². The largest absolute Gasteiger partial charge is 0.319 e. The van der Waals surface area contributed by atoms with Crippen molar-refractivity contribution in [1.82, 2.24) is 24.4 Å². The molecule has 1 amide bonds. The maximum absolute atomic E-state index is 13.7. The van der Waals surface area contributed by atoms with Crippen molar-refractivity contribution in [3.63, 3.8) is 0 Å². The molecule has 1 aliphatic rings. The van der Waals surface area contributed by atoms with Gasteiger partial charge < -0.3 is 5.32 Å². The molecule has 0 bridgehead atoms. The van der Waals surface area contributed by atoms with E-state index in [9.17, 15) is 13.6 Å². The predicted molar refractivity (Wildman–Crippen MR) is 118 cm³/mol. The van der Waals surface area contributed by atoms with Gasteiger partial charge in [0.2, 0.25) is 0 Å². The molecule has 0 aliphatic heterocycles. The van der Waals surface area contributed by atoms with Gasteiger partial charge in [-0.3, -0.25) is 9.48 Å². The van der Waals surface area contributed by atoms with Gasteiger partial charge in [-0.25, -0.2) is 18.3 Å². The summed E-state index contributed by atoms with van der Waals surface area (Å²) in [6, 6.07) is 1.92. The lowest BCUT2D eigenvalue weighted by atomic mass is 9.80. The van der Waals surface area contributed by atoms with Crippen LogP contribution in [0.3, 0.4) is 0 Å². The number of nitrogens with one attached hydrogen (secondary N) is 1. The van der Waals surface area contributed by atoms with Crippen molar-refractivity contribution in [2.75, 3.05) is 5.32 Å². The molecule has 32 heavy (non-hydrogen) atoms. The van der Waals surface area contributed by atoms with Crippen molar-refractivity contribution in [1.29, 1.82) is 0 Å². The highest BCUT2D eigenvalue weighted by Crippen LogP contribution is 2.37. The smallest absolute Gasteiger partial charge is 0.284 e. The van der Waals surface area contributed by atoms with Crippen LogP contribution >= 0.6 is 0 Å². The number of carbonyl (C=O) groups excluding carboxylic acids is 1. The molecular formula is C23H30F2N6O. The van der Waals surface area contributed by atoms with Crippen LogP contribution in [0.25, 0.3) is 5.65 Å². The highest BCUT2D eigenvalue weighted by molar-refractivity contribution is 6.08.